The Morgan fingerprint density at radius 1 is 1.00 bits per heavy atom. The number of nitrogens with zero attached hydrogens (tertiary/aromatic N) is 2. The van der Waals surface area contributed by atoms with Gasteiger partial charge in [-0.15, -0.1) is 0 Å². The third-order valence-corrected chi connectivity index (χ3v) is 4.20. The van der Waals surface area contributed by atoms with Crippen molar-refractivity contribution >= 4 is 27.7 Å². The number of rotatable bonds is 1. The van der Waals surface area contributed by atoms with Gasteiger partial charge in [-0.1, -0.05) is 24.3 Å². The fraction of sp³-hybridized carbons (Fsp3) is 0.0526. The molecule has 4 aromatic rings. The Bertz CT molecular complexity index is 1060. The molecule has 0 unspecified atom stereocenters. The van der Waals surface area contributed by atoms with E-state index < -0.39 is 0 Å². The van der Waals surface area contributed by atoms with Crippen molar-refractivity contribution in [3.8, 4) is 5.75 Å². The number of aromatic nitrogens is 2. The summed E-state index contributed by atoms with van der Waals surface area (Å²) in [4.78, 5) is 17.3. The smallest absolute Gasteiger partial charge is 0.264 e. The molecule has 0 saturated carbocycles. The van der Waals surface area contributed by atoms with Crippen LogP contribution in [-0.4, -0.2) is 20.6 Å². The number of para-hydroxylation sites is 2. The Morgan fingerprint density at radius 3 is 2.70 bits per heavy atom. The first-order valence-electron chi connectivity index (χ1n) is 7.35. The van der Waals surface area contributed by atoms with Gasteiger partial charge in [0.05, 0.1) is 11.0 Å². The highest BCUT2D eigenvalue weighted by Gasteiger charge is 2.16. The average molecular weight is 302 g/mol. The zero-order valence-electron chi connectivity index (χ0n) is 12.5. The molecule has 0 fully saturated rings. The minimum atomic E-state index is -0.130. The average Bonchev–Trinajstić information content (AvgIpc) is 3.01. The third kappa shape index (κ3) is 1.99. The van der Waals surface area contributed by atoms with Crippen LogP contribution in [0.4, 0.5) is 0 Å². The number of aromatic hydroxyl groups is 1. The van der Waals surface area contributed by atoms with Crippen molar-refractivity contribution < 1.29 is 9.90 Å². The van der Waals surface area contributed by atoms with E-state index in [-0.39, 0.29) is 11.7 Å². The molecule has 0 aliphatic heterocycles. The van der Waals surface area contributed by atoms with E-state index in [0.717, 1.165) is 27.4 Å². The highest BCUT2D eigenvalue weighted by atomic mass is 16.3. The van der Waals surface area contributed by atoms with Crippen LogP contribution < -0.4 is 0 Å². The Balaban J connectivity index is 1.96. The molecule has 0 aliphatic carbocycles. The first-order chi connectivity index (χ1) is 11.2. The second-order valence-corrected chi connectivity index (χ2v) is 5.52. The minimum absolute atomic E-state index is 0.130. The molecule has 0 bridgehead atoms. The van der Waals surface area contributed by atoms with Crippen LogP contribution in [0.15, 0.2) is 60.9 Å². The second-order valence-electron chi connectivity index (χ2n) is 5.52. The van der Waals surface area contributed by atoms with Crippen LogP contribution in [-0.2, 0) is 0 Å². The summed E-state index contributed by atoms with van der Waals surface area (Å²) in [5.74, 6) is 0.101. The fourth-order valence-electron chi connectivity index (χ4n) is 2.93. The molecule has 3 aromatic carbocycles. The normalized spacial score (nSPS) is 11.2. The van der Waals surface area contributed by atoms with Crippen molar-refractivity contribution in [2.75, 3.05) is 0 Å². The number of hydrogen-bond acceptors (Lipinski definition) is 3. The number of fused-ring (bicyclic) bond motifs is 2. The molecule has 0 saturated heterocycles. The topological polar surface area (TPSA) is 55.1 Å². The minimum Gasteiger partial charge on any atom is -0.508 e. The summed E-state index contributed by atoms with van der Waals surface area (Å²) in [5, 5.41) is 11.6. The van der Waals surface area contributed by atoms with E-state index in [2.05, 4.69) is 4.98 Å². The quantitative estimate of drug-likeness (QED) is 0.580. The zero-order chi connectivity index (χ0) is 16.0. The van der Waals surface area contributed by atoms with Crippen LogP contribution in [0.2, 0.25) is 0 Å². The first kappa shape index (κ1) is 13.5. The molecule has 0 spiro atoms. The van der Waals surface area contributed by atoms with Crippen LogP contribution in [0.5, 0.6) is 5.75 Å². The molecule has 1 heterocycles. The molecule has 0 aliphatic rings. The largest absolute Gasteiger partial charge is 0.508 e. The van der Waals surface area contributed by atoms with E-state index in [0.29, 0.717) is 5.56 Å². The lowest BCUT2D eigenvalue weighted by Crippen LogP contribution is -2.11. The lowest BCUT2D eigenvalue weighted by Gasteiger charge is -2.10. The molecule has 1 N–H and O–H groups in total. The van der Waals surface area contributed by atoms with Crippen molar-refractivity contribution in [1.29, 1.82) is 0 Å². The number of phenolic OH excluding ortho intramolecular Hbond substituents is 1. The van der Waals surface area contributed by atoms with Gasteiger partial charge in [0.15, 0.2) is 0 Å². The summed E-state index contributed by atoms with van der Waals surface area (Å²) >= 11 is 0. The van der Waals surface area contributed by atoms with Gasteiger partial charge in [-0.05, 0) is 53.6 Å². The first-order valence-corrected chi connectivity index (χ1v) is 7.35. The van der Waals surface area contributed by atoms with Crippen LogP contribution in [0, 0.1) is 6.92 Å². The molecule has 0 amide bonds. The van der Waals surface area contributed by atoms with E-state index in [1.54, 1.807) is 29.1 Å². The van der Waals surface area contributed by atoms with Gasteiger partial charge in [0, 0.05) is 5.56 Å². The summed E-state index contributed by atoms with van der Waals surface area (Å²) in [7, 11) is 0. The number of imidazole rings is 1. The van der Waals surface area contributed by atoms with E-state index in [1.165, 1.54) is 0 Å². The lowest BCUT2D eigenvalue weighted by atomic mass is 9.99. The number of carbonyl (C=O) groups excluding carboxylic acids is 1. The van der Waals surface area contributed by atoms with Gasteiger partial charge in [-0.3, -0.25) is 9.36 Å². The molecule has 0 atom stereocenters. The maximum atomic E-state index is 13.0. The van der Waals surface area contributed by atoms with E-state index >= 15 is 0 Å². The van der Waals surface area contributed by atoms with Crippen molar-refractivity contribution in [2.24, 2.45) is 0 Å². The standard InChI is InChI=1S/C19H14N2O2/c1-12-13-5-4-6-15(14(13)9-10-18(12)22)19(23)21-11-20-16-7-2-3-8-17(16)21/h2-11,22H,1H3. The Kier molecular flexibility index (Phi) is 2.91. The van der Waals surface area contributed by atoms with Crippen molar-refractivity contribution in [3.05, 3.63) is 72.1 Å². The molecular formula is C19H14N2O2. The lowest BCUT2D eigenvalue weighted by molar-refractivity contribution is 0.0966. The Hall–Kier alpha value is -3.14. The second kappa shape index (κ2) is 4.95. The predicted molar refractivity (Wildman–Crippen MR) is 89.8 cm³/mol. The van der Waals surface area contributed by atoms with E-state index in [9.17, 15) is 9.90 Å². The summed E-state index contributed by atoms with van der Waals surface area (Å²) in [6, 6.07) is 16.5. The number of hydrogen-bond donors (Lipinski definition) is 1. The number of carbonyl (C=O) groups is 1. The molecule has 4 heteroatoms. The number of benzene rings is 3. The number of aryl methyl sites for hydroxylation is 1. The zero-order valence-corrected chi connectivity index (χ0v) is 12.5. The summed E-state index contributed by atoms with van der Waals surface area (Å²) < 4.78 is 1.56. The predicted octanol–water partition coefficient (Wildman–Crippen LogP) is 3.89. The molecular weight excluding hydrogens is 288 g/mol. The van der Waals surface area contributed by atoms with Gasteiger partial charge in [0.25, 0.3) is 5.91 Å². The van der Waals surface area contributed by atoms with Crippen LogP contribution in [0.1, 0.15) is 15.9 Å². The van der Waals surface area contributed by atoms with Crippen molar-refractivity contribution in [2.45, 2.75) is 6.92 Å². The summed E-state index contributed by atoms with van der Waals surface area (Å²) in [5.41, 5.74) is 2.93. The van der Waals surface area contributed by atoms with Crippen LogP contribution in [0.25, 0.3) is 21.8 Å². The maximum Gasteiger partial charge on any atom is 0.264 e. The molecule has 1 aromatic heterocycles. The molecule has 112 valence electrons. The van der Waals surface area contributed by atoms with E-state index in [1.807, 2.05) is 43.3 Å². The van der Waals surface area contributed by atoms with Crippen LogP contribution in [0.3, 0.4) is 0 Å². The highest BCUT2D eigenvalue weighted by molar-refractivity contribution is 6.11. The van der Waals surface area contributed by atoms with Gasteiger partial charge in [0.2, 0.25) is 0 Å². The van der Waals surface area contributed by atoms with Crippen molar-refractivity contribution in [1.82, 2.24) is 9.55 Å². The molecule has 23 heavy (non-hydrogen) atoms. The molecule has 4 nitrogen and oxygen atoms in total. The van der Waals surface area contributed by atoms with E-state index in [4.69, 9.17) is 0 Å². The van der Waals surface area contributed by atoms with Crippen molar-refractivity contribution in [3.63, 3.8) is 0 Å². The number of phenols is 1. The third-order valence-electron chi connectivity index (χ3n) is 4.20. The summed E-state index contributed by atoms with van der Waals surface area (Å²) in [6.45, 7) is 1.85. The maximum absolute atomic E-state index is 13.0. The van der Waals surface area contributed by atoms with Gasteiger partial charge in [0.1, 0.15) is 12.1 Å². The summed E-state index contributed by atoms with van der Waals surface area (Å²) in [6.07, 6.45) is 1.55. The Labute approximate surface area is 132 Å². The highest BCUT2D eigenvalue weighted by Crippen LogP contribution is 2.29. The molecule has 4 rings (SSSR count). The van der Waals surface area contributed by atoms with Crippen LogP contribution >= 0.6 is 0 Å². The SMILES string of the molecule is Cc1c(O)ccc2c(C(=O)n3cnc4ccccc43)cccc12. The monoisotopic (exact) mass is 302 g/mol. The van der Waals surface area contributed by atoms with Gasteiger partial charge < -0.3 is 5.11 Å². The Morgan fingerprint density at radius 2 is 1.83 bits per heavy atom. The molecule has 0 radical (unpaired) electrons. The van der Waals surface area contributed by atoms with Gasteiger partial charge >= 0.3 is 0 Å². The van der Waals surface area contributed by atoms with Gasteiger partial charge in [-0.25, -0.2) is 4.98 Å². The fourth-order valence-corrected chi connectivity index (χ4v) is 2.93. The van der Waals surface area contributed by atoms with Gasteiger partial charge in [-0.2, -0.15) is 0 Å².